The Labute approximate surface area is 91.8 Å². The lowest BCUT2D eigenvalue weighted by atomic mass is 10.5. The number of carbonyl (C=O) groups is 1. The molecule has 0 saturated carbocycles. The third-order valence-corrected chi connectivity index (χ3v) is 2.04. The highest BCUT2D eigenvalue weighted by Gasteiger charge is 2.13. The highest BCUT2D eigenvalue weighted by atomic mass is 16.5. The molecule has 0 fully saturated rings. The van der Waals surface area contributed by atoms with Gasteiger partial charge in [-0.2, -0.15) is 0 Å². The zero-order chi connectivity index (χ0) is 11.5. The lowest BCUT2D eigenvalue weighted by Gasteiger charge is -2.00. The van der Waals surface area contributed by atoms with Crippen LogP contribution >= 0.6 is 0 Å². The van der Waals surface area contributed by atoms with Crippen LogP contribution in [0.2, 0.25) is 0 Å². The van der Waals surface area contributed by atoms with Gasteiger partial charge in [-0.3, -0.25) is 9.38 Å². The van der Waals surface area contributed by atoms with Crippen LogP contribution in [0.15, 0.2) is 18.6 Å². The van der Waals surface area contributed by atoms with E-state index in [1.807, 2.05) is 0 Å². The minimum absolute atomic E-state index is 0.244. The van der Waals surface area contributed by atoms with Gasteiger partial charge in [-0.1, -0.05) is 0 Å². The Morgan fingerprint density at radius 3 is 3.00 bits per heavy atom. The van der Waals surface area contributed by atoms with Crippen LogP contribution in [-0.4, -0.2) is 34.1 Å². The van der Waals surface area contributed by atoms with E-state index in [9.17, 15) is 4.79 Å². The predicted octanol–water partition coefficient (Wildman–Crippen LogP) is 0.915. The topological polar surface area (TPSA) is 65.7 Å². The summed E-state index contributed by atoms with van der Waals surface area (Å²) in [7, 11) is 1.53. The smallest absolute Gasteiger partial charge is 0.358 e. The highest BCUT2D eigenvalue weighted by molar-refractivity contribution is 5.87. The monoisotopic (exact) mass is 221 g/mol. The van der Waals surface area contributed by atoms with Crippen molar-refractivity contribution in [3.05, 3.63) is 24.3 Å². The number of fused-ring (bicyclic) bond motifs is 1. The molecule has 0 bridgehead atoms. The highest BCUT2D eigenvalue weighted by Crippen LogP contribution is 2.13. The van der Waals surface area contributed by atoms with Crippen molar-refractivity contribution in [2.24, 2.45) is 0 Å². The molecular formula is C10H11N3O3. The van der Waals surface area contributed by atoms with Gasteiger partial charge in [-0.25, -0.2) is 9.78 Å². The fourth-order valence-corrected chi connectivity index (χ4v) is 1.35. The van der Waals surface area contributed by atoms with Crippen LogP contribution in [0.3, 0.4) is 0 Å². The second kappa shape index (κ2) is 4.18. The molecule has 0 spiro atoms. The van der Waals surface area contributed by atoms with Gasteiger partial charge >= 0.3 is 5.97 Å². The molecule has 6 nitrogen and oxygen atoms in total. The van der Waals surface area contributed by atoms with Crippen molar-refractivity contribution in [2.75, 3.05) is 13.7 Å². The molecule has 2 heterocycles. The first-order valence-electron chi connectivity index (χ1n) is 4.80. The standard InChI is InChI=1S/C10H11N3O3/c1-3-16-10(14)7-6-13-8(12-7)4-11-5-9(13)15-2/h4-6H,3H2,1-2H3. The number of carbonyl (C=O) groups excluding carboxylic acids is 1. The van der Waals surface area contributed by atoms with Gasteiger partial charge in [0, 0.05) is 6.20 Å². The fraction of sp³-hybridized carbons (Fsp3) is 0.300. The van der Waals surface area contributed by atoms with Crippen molar-refractivity contribution in [1.29, 1.82) is 0 Å². The maximum atomic E-state index is 11.5. The summed E-state index contributed by atoms with van der Waals surface area (Å²) in [5, 5.41) is 0. The minimum atomic E-state index is -0.451. The molecule has 0 N–H and O–H groups in total. The third kappa shape index (κ3) is 1.69. The van der Waals surface area contributed by atoms with Crippen molar-refractivity contribution in [1.82, 2.24) is 14.4 Å². The Hall–Kier alpha value is -2.11. The van der Waals surface area contributed by atoms with E-state index in [4.69, 9.17) is 9.47 Å². The fourth-order valence-electron chi connectivity index (χ4n) is 1.35. The van der Waals surface area contributed by atoms with Crippen LogP contribution in [-0.2, 0) is 4.74 Å². The Morgan fingerprint density at radius 2 is 2.31 bits per heavy atom. The Balaban J connectivity index is 2.47. The van der Waals surface area contributed by atoms with Gasteiger partial charge in [-0.05, 0) is 6.92 Å². The molecule has 0 aliphatic heterocycles. The Bertz CT molecular complexity index is 521. The molecule has 0 aliphatic rings. The van der Waals surface area contributed by atoms with E-state index in [2.05, 4.69) is 9.97 Å². The van der Waals surface area contributed by atoms with Gasteiger partial charge in [0.1, 0.15) is 0 Å². The molecule has 0 radical (unpaired) electrons. The van der Waals surface area contributed by atoms with E-state index in [-0.39, 0.29) is 5.69 Å². The van der Waals surface area contributed by atoms with Crippen molar-refractivity contribution >= 4 is 11.6 Å². The normalized spacial score (nSPS) is 10.4. The number of rotatable bonds is 3. The lowest BCUT2D eigenvalue weighted by molar-refractivity contribution is 0.0520. The van der Waals surface area contributed by atoms with Gasteiger partial charge < -0.3 is 9.47 Å². The van der Waals surface area contributed by atoms with E-state index < -0.39 is 5.97 Å². The first-order valence-corrected chi connectivity index (χ1v) is 4.80. The number of hydrogen-bond donors (Lipinski definition) is 0. The largest absolute Gasteiger partial charge is 0.481 e. The molecular weight excluding hydrogens is 210 g/mol. The van der Waals surface area contributed by atoms with Gasteiger partial charge in [-0.15, -0.1) is 0 Å². The summed E-state index contributed by atoms with van der Waals surface area (Å²) in [6.45, 7) is 2.07. The molecule has 16 heavy (non-hydrogen) atoms. The van der Waals surface area contributed by atoms with Gasteiger partial charge in [0.15, 0.2) is 11.3 Å². The van der Waals surface area contributed by atoms with Crippen molar-refractivity contribution in [3.8, 4) is 5.88 Å². The van der Waals surface area contributed by atoms with Crippen LogP contribution < -0.4 is 4.74 Å². The molecule has 0 unspecified atom stereocenters. The summed E-state index contributed by atoms with van der Waals surface area (Å²) >= 11 is 0. The van der Waals surface area contributed by atoms with E-state index in [0.29, 0.717) is 18.1 Å². The second-order valence-corrected chi connectivity index (χ2v) is 3.02. The number of nitrogens with zero attached hydrogens (tertiary/aromatic N) is 3. The zero-order valence-electron chi connectivity index (χ0n) is 9.01. The summed E-state index contributed by atoms with van der Waals surface area (Å²) in [4.78, 5) is 19.5. The van der Waals surface area contributed by atoms with Crippen LogP contribution in [0.5, 0.6) is 5.88 Å². The molecule has 0 atom stereocenters. The summed E-state index contributed by atoms with van der Waals surface area (Å²) < 4.78 is 11.6. The average molecular weight is 221 g/mol. The Morgan fingerprint density at radius 1 is 1.50 bits per heavy atom. The lowest BCUT2D eigenvalue weighted by Crippen LogP contribution is -2.04. The predicted molar refractivity (Wildman–Crippen MR) is 55.5 cm³/mol. The van der Waals surface area contributed by atoms with Gasteiger partial charge in [0.25, 0.3) is 0 Å². The molecule has 2 aromatic heterocycles. The van der Waals surface area contributed by atoms with Crippen molar-refractivity contribution < 1.29 is 14.3 Å². The molecule has 0 aliphatic carbocycles. The molecule has 2 rings (SSSR count). The Kier molecular flexibility index (Phi) is 2.72. The van der Waals surface area contributed by atoms with Gasteiger partial charge in [0.2, 0.25) is 5.88 Å². The molecule has 0 aromatic carbocycles. The van der Waals surface area contributed by atoms with Crippen LogP contribution in [0.4, 0.5) is 0 Å². The molecule has 84 valence electrons. The zero-order valence-corrected chi connectivity index (χ0v) is 9.01. The summed E-state index contributed by atoms with van der Waals surface area (Å²) in [5.41, 5.74) is 0.788. The number of aromatic nitrogens is 3. The minimum Gasteiger partial charge on any atom is -0.481 e. The van der Waals surface area contributed by atoms with Gasteiger partial charge in [0.05, 0.1) is 26.1 Å². The molecule has 2 aromatic rings. The molecule has 0 saturated heterocycles. The van der Waals surface area contributed by atoms with Crippen molar-refractivity contribution in [2.45, 2.75) is 6.92 Å². The van der Waals surface area contributed by atoms with Crippen LogP contribution in [0.1, 0.15) is 17.4 Å². The van der Waals surface area contributed by atoms with E-state index in [1.54, 1.807) is 29.9 Å². The van der Waals surface area contributed by atoms with Crippen LogP contribution in [0, 0.1) is 0 Å². The number of hydrogen-bond acceptors (Lipinski definition) is 5. The maximum Gasteiger partial charge on any atom is 0.358 e. The van der Waals surface area contributed by atoms with E-state index in [0.717, 1.165) is 0 Å². The molecule has 6 heteroatoms. The number of ether oxygens (including phenoxy) is 2. The summed E-state index contributed by atoms with van der Waals surface area (Å²) in [5.74, 6) is 0.0637. The maximum absolute atomic E-state index is 11.5. The first kappa shape index (κ1) is 10.4. The second-order valence-electron chi connectivity index (χ2n) is 3.02. The third-order valence-electron chi connectivity index (χ3n) is 2.04. The average Bonchev–Trinajstić information content (AvgIpc) is 2.72. The number of methoxy groups -OCH3 is 1. The van der Waals surface area contributed by atoms with E-state index in [1.165, 1.54) is 7.11 Å². The van der Waals surface area contributed by atoms with Crippen molar-refractivity contribution in [3.63, 3.8) is 0 Å². The number of esters is 1. The van der Waals surface area contributed by atoms with Crippen LogP contribution in [0.25, 0.3) is 5.65 Å². The number of imidazole rings is 1. The molecule has 0 amide bonds. The van der Waals surface area contributed by atoms with E-state index >= 15 is 0 Å². The first-order chi connectivity index (χ1) is 7.76. The summed E-state index contributed by atoms with van der Waals surface area (Å²) in [6.07, 6.45) is 4.66. The summed E-state index contributed by atoms with van der Waals surface area (Å²) in [6, 6.07) is 0. The quantitative estimate of drug-likeness (QED) is 0.721. The SMILES string of the molecule is CCOC(=O)c1cn2c(OC)cncc2n1.